The molecule has 0 rings (SSSR count). The van der Waals surface area contributed by atoms with Gasteiger partial charge in [-0.3, -0.25) is 0 Å². The van der Waals surface area contributed by atoms with Crippen LogP contribution in [-0.2, 0) is 0 Å². The van der Waals surface area contributed by atoms with Crippen molar-refractivity contribution in [3.63, 3.8) is 0 Å². The molecule has 0 unspecified atom stereocenters. The van der Waals surface area contributed by atoms with Crippen molar-refractivity contribution in [2.75, 3.05) is 0 Å². The van der Waals surface area contributed by atoms with Gasteiger partial charge in [0.1, 0.15) is 0 Å². The second-order valence-corrected chi connectivity index (χ2v) is 1.13. The Morgan fingerprint density at radius 2 is 0.500 bits per heavy atom. The van der Waals surface area contributed by atoms with Gasteiger partial charge in [-0.1, -0.05) is 0 Å². The van der Waals surface area contributed by atoms with E-state index in [0.29, 0.717) is 0 Å². The Bertz CT molecular complexity index is 25.3. The number of halogens is 1. The minimum atomic E-state index is -4.94. The molecule has 0 atom stereocenters. The van der Waals surface area contributed by atoms with E-state index in [-0.39, 0.29) is 82.2 Å². The summed E-state index contributed by atoms with van der Waals surface area (Å²) in [4.78, 5) is 0. The molecule has 12 heteroatoms. The van der Waals surface area contributed by atoms with Crippen LogP contribution >= 0.6 is 0 Å². The zero-order valence-electron chi connectivity index (χ0n) is 5.39. The van der Waals surface area contributed by atoms with Gasteiger partial charge in [0, 0.05) is 0 Å². The van der Waals surface area contributed by atoms with Crippen molar-refractivity contribution in [3.8, 4) is 0 Å². The maximum absolute atomic E-state index is 8.49. The Labute approximate surface area is 110 Å². The third-order valence-corrected chi connectivity index (χ3v) is 0. The van der Waals surface area contributed by atoms with Crippen molar-refractivity contribution < 1.29 is 111 Å². The third kappa shape index (κ3) is 579. The Hall–Kier alpha value is 1.47. The van der Waals surface area contributed by atoms with Crippen LogP contribution in [0, 0.1) is 59.6 Å². The van der Waals surface area contributed by atoms with Crippen LogP contribution < -0.4 is 18.6 Å². The Morgan fingerprint density at radius 3 is 0.500 bits per heavy atom. The molecule has 0 spiro atoms. The zero-order chi connectivity index (χ0) is 4.50. The predicted octanol–water partition coefficient (Wildman–Crippen LogP) is -9.70. The van der Waals surface area contributed by atoms with E-state index >= 15 is 0 Å². The van der Waals surface area contributed by atoms with E-state index in [1.54, 1.807) is 0 Å². The van der Waals surface area contributed by atoms with Crippen molar-refractivity contribution >= 4 is 0 Å². The van der Waals surface area contributed by atoms with Crippen LogP contribution in [0.25, 0.3) is 0 Å². The van der Waals surface area contributed by atoms with Crippen molar-refractivity contribution in [1.82, 2.24) is 0 Å². The van der Waals surface area contributed by atoms with E-state index < -0.39 is 10.2 Å². The molecule has 0 aromatic heterocycles. The quantitative estimate of drug-likeness (QED) is 0.406. The zero-order valence-corrected chi connectivity index (χ0v) is 8.57. The van der Waals surface area contributed by atoms with Gasteiger partial charge in [-0.05, 0) is 0 Å². The Morgan fingerprint density at radius 1 is 0.500 bits per heavy atom. The minimum absolute atomic E-state index is 0. The van der Waals surface area contributed by atoms with Crippen molar-refractivity contribution in [2.24, 2.45) is 0 Å². The van der Waals surface area contributed by atoms with Gasteiger partial charge in [0.25, 0.3) is 0 Å². The maximum atomic E-state index is 8.49. The summed E-state index contributed by atoms with van der Waals surface area (Å²) in [5.74, 6) is 0. The van der Waals surface area contributed by atoms with Gasteiger partial charge in [-0.25, -0.2) is 18.6 Å². The molecule has 12 N–H and O–H groups in total. The molecule has 0 heterocycles. The summed E-state index contributed by atoms with van der Waals surface area (Å²) in [6.07, 6.45) is 0. The molecule has 0 amide bonds. The van der Waals surface area contributed by atoms with E-state index in [4.69, 9.17) is 18.6 Å². The summed E-state index contributed by atoms with van der Waals surface area (Å²) in [6.45, 7) is 0. The molecule has 0 aliphatic rings. The largest absolute Gasteiger partial charge is 2.00 e. The standard InChI is InChI=1S/ClHO4.Eu.6H2O/c2-1(3,4)5;;;;;;;/h(H,2,3,4,5);;6*1H2/q;+2;;;;;;/p-1. The monoisotopic (exact) mass is 360 g/mol. The topological polar surface area (TPSA) is 281 Å². The summed E-state index contributed by atoms with van der Waals surface area (Å²) in [5, 5.41) is 0. The fourth-order valence-corrected chi connectivity index (χ4v) is 0. The molecule has 0 fully saturated rings. The van der Waals surface area contributed by atoms with Crippen LogP contribution in [0.4, 0.5) is 0 Å². The first-order valence-corrected chi connectivity index (χ1v) is 1.85. The second-order valence-electron chi connectivity index (χ2n) is 0.378. The van der Waals surface area contributed by atoms with Gasteiger partial charge in [-0.2, -0.15) is 0 Å². The van der Waals surface area contributed by atoms with E-state index in [2.05, 4.69) is 0 Å². The molecular formula is H12ClEuO10+. The number of hydrogen-bond donors (Lipinski definition) is 0. The van der Waals surface area contributed by atoms with Crippen LogP contribution in [0.2, 0.25) is 0 Å². The molecule has 85 valence electrons. The first kappa shape index (κ1) is 70.0. The number of hydrogen-bond acceptors (Lipinski definition) is 4. The molecule has 12 heavy (non-hydrogen) atoms. The molecular weight excluding hydrogens is 347 g/mol. The molecule has 0 aliphatic carbocycles. The van der Waals surface area contributed by atoms with E-state index in [0.717, 1.165) is 0 Å². The number of rotatable bonds is 0. The summed E-state index contributed by atoms with van der Waals surface area (Å²) >= 11 is 0. The van der Waals surface area contributed by atoms with Crippen molar-refractivity contribution in [3.05, 3.63) is 0 Å². The molecule has 0 aliphatic heterocycles. The van der Waals surface area contributed by atoms with E-state index in [1.165, 1.54) is 0 Å². The molecule has 0 aromatic carbocycles. The Kier molecular flexibility index (Phi) is 171. The van der Waals surface area contributed by atoms with Crippen LogP contribution in [-0.4, -0.2) is 32.9 Å². The smallest absolute Gasteiger partial charge is 0.412 e. The van der Waals surface area contributed by atoms with Gasteiger partial charge in [0.2, 0.25) is 0 Å². The van der Waals surface area contributed by atoms with Gasteiger partial charge >= 0.3 is 49.4 Å². The van der Waals surface area contributed by atoms with Gasteiger partial charge < -0.3 is 32.9 Å². The normalized spacial score (nSPS) is 5.00. The van der Waals surface area contributed by atoms with Crippen LogP contribution in [0.15, 0.2) is 0 Å². The summed E-state index contributed by atoms with van der Waals surface area (Å²) in [6, 6.07) is 0. The van der Waals surface area contributed by atoms with Crippen LogP contribution in [0.5, 0.6) is 0 Å². The summed E-state index contributed by atoms with van der Waals surface area (Å²) in [5.41, 5.74) is 0. The van der Waals surface area contributed by atoms with E-state index in [9.17, 15) is 0 Å². The van der Waals surface area contributed by atoms with Gasteiger partial charge in [0.05, 0.1) is 0 Å². The fourth-order valence-electron chi connectivity index (χ4n) is 0. The SMILES string of the molecule is O.O.O.O.O.O.[Eu+2].[O-][Cl+3]([O-])([O-])[O-]. The van der Waals surface area contributed by atoms with Gasteiger partial charge in [0.15, 0.2) is 0 Å². The van der Waals surface area contributed by atoms with Crippen LogP contribution in [0.1, 0.15) is 0 Å². The second kappa shape index (κ2) is 29.4. The average Bonchev–Trinajstić information content (AvgIpc) is 0.722. The predicted molar refractivity (Wildman–Crippen MR) is 21.7 cm³/mol. The minimum Gasteiger partial charge on any atom is -0.412 e. The average molecular weight is 360 g/mol. The molecule has 0 bridgehead atoms. The maximum Gasteiger partial charge on any atom is 2.00 e. The molecule has 0 aromatic rings. The molecule has 10 nitrogen and oxygen atoms in total. The Balaban J connectivity index is -0.00000000381. The molecule has 1 radical (unpaired) electrons. The summed E-state index contributed by atoms with van der Waals surface area (Å²) < 4.78 is 34.0. The van der Waals surface area contributed by atoms with Crippen molar-refractivity contribution in [1.29, 1.82) is 0 Å². The molecule has 0 saturated carbocycles. The van der Waals surface area contributed by atoms with Crippen LogP contribution in [0.3, 0.4) is 0 Å². The first-order chi connectivity index (χ1) is 2.00. The first-order valence-electron chi connectivity index (χ1n) is 0.617. The van der Waals surface area contributed by atoms with E-state index in [1.807, 2.05) is 0 Å². The summed E-state index contributed by atoms with van der Waals surface area (Å²) in [7, 11) is -4.94. The third-order valence-electron chi connectivity index (χ3n) is 0. The van der Waals surface area contributed by atoms with Crippen molar-refractivity contribution in [2.45, 2.75) is 0 Å². The fraction of sp³-hybridized carbons (Fsp3) is 0. The molecule has 0 saturated heterocycles. The van der Waals surface area contributed by atoms with Gasteiger partial charge in [-0.15, -0.1) is 10.2 Å².